The number of rotatable bonds is 3. The van der Waals surface area contributed by atoms with Gasteiger partial charge in [-0.3, -0.25) is 9.36 Å². The molecule has 2 aromatic carbocycles. The Kier molecular flexibility index (Phi) is 3.90. The molecule has 1 unspecified atom stereocenters. The van der Waals surface area contributed by atoms with Gasteiger partial charge in [-0.15, -0.1) is 0 Å². The molecule has 4 nitrogen and oxygen atoms in total. The summed E-state index contributed by atoms with van der Waals surface area (Å²) in [5.41, 5.74) is 6.04. The minimum atomic E-state index is -0.0350. The van der Waals surface area contributed by atoms with Crippen LogP contribution in [0.5, 0.6) is 0 Å². The van der Waals surface area contributed by atoms with Crippen molar-refractivity contribution in [2.75, 3.05) is 0 Å². The average Bonchev–Trinajstić information content (AvgIpc) is 3.23. The Bertz CT molecular complexity index is 1150. The van der Waals surface area contributed by atoms with Crippen LogP contribution in [0.4, 0.5) is 0 Å². The van der Waals surface area contributed by atoms with Crippen molar-refractivity contribution in [2.24, 2.45) is 5.92 Å². The maximum atomic E-state index is 13.1. The molecule has 0 saturated carbocycles. The van der Waals surface area contributed by atoms with E-state index in [1.165, 1.54) is 0 Å². The van der Waals surface area contributed by atoms with Crippen LogP contribution in [0.15, 0.2) is 79.1 Å². The molecule has 5 rings (SSSR count). The Morgan fingerprint density at radius 2 is 1.43 bits per heavy atom. The van der Waals surface area contributed by atoms with Crippen LogP contribution in [0, 0.1) is 5.92 Å². The number of nitrogens with zero attached hydrogens (tertiary/aromatic N) is 3. The van der Waals surface area contributed by atoms with E-state index < -0.39 is 0 Å². The Balaban J connectivity index is 1.93. The Labute approximate surface area is 163 Å². The van der Waals surface area contributed by atoms with E-state index in [2.05, 4.69) is 34.2 Å². The summed E-state index contributed by atoms with van der Waals surface area (Å²) in [6.45, 7) is 2.00. The molecule has 136 valence electrons. The molecular formula is C24H19N3O. The summed E-state index contributed by atoms with van der Waals surface area (Å²) in [6.07, 6.45) is 4.17. The highest BCUT2D eigenvalue weighted by molar-refractivity contribution is 6.06. The molecule has 0 saturated heterocycles. The van der Waals surface area contributed by atoms with Gasteiger partial charge in [0.25, 0.3) is 0 Å². The van der Waals surface area contributed by atoms with E-state index in [1.54, 1.807) is 18.5 Å². The smallest absolute Gasteiger partial charge is 0.234 e. The fourth-order valence-corrected chi connectivity index (χ4v) is 4.10. The lowest BCUT2D eigenvalue weighted by molar-refractivity contribution is 0.0940. The van der Waals surface area contributed by atoms with Crippen molar-refractivity contribution in [1.29, 1.82) is 0 Å². The second-order valence-corrected chi connectivity index (χ2v) is 7.14. The first-order chi connectivity index (χ1) is 13.8. The summed E-state index contributed by atoms with van der Waals surface area (Å²) in [4.78, 5) is 22.1. The predicted octanol–water partition coefficient (Wildman–Crippen LogP) is 4.98. The highest BCUT2D eigenvalue weighted by Crippen LogP contribution is 2.45. The molecule has 1 aliphatic carbocycles. The zero-order valence-corrected chi connectivity index (χ0v) is 15.5. The number of carbonyl (C=O) groups is 1. The normalized spacial score (nSPS) is 15.6. The van der Waals surface area contributed by atoms with Gasteiger partial charge in [-0.25, -0.2) is 9.97 Å². The fraction of sp³-hybridized carbons (Fsp3) is 0.125. The molecule has 0 aliphatic heterocycles. The number of hydrogen-bond acceptors (Lipinski definition) is 3. The van der Waals surface area contributed by atoms with Crippen molar-refractivity contribution in [1.82, 2.24) is 14.5 Å². The van der Waals surface area contributed by atoms with Crippen LogP contribution >= 0.6 is 0 Å². The second-order valence-electron chi connectivity index (χ2n) is 7.14. The van der Waals surface area contributed by atoms with Crippen LogP contribution < -0.4 is 0 Å². The molecule has 0 bridgehead atoms. The van der Waals surface area contributed by atoms with Gasteiger partial charge in [0.2, 0.25) is 5.95 Å². The first-order valence-corrected chi connectivity index (χ1v) is 9.45. The van der Waals surface area contributed by atoms with E-state index in [0.29, 0.717) is 5.95 Å². The number of fused-ring (bicyclic) bond motifs is 1. The van der Waals surface area contributed by atoms with Gasteiger partial charge in [0.1, 0.15) is 0 Å². The molecule has 4 aromatic rings. The molecule has 0 radical (unpaired) electrons. The Hall–Kier alpha value is -3.53. The lowest BCUT2D eigenvalue weighted by Gasteiger charge is -2.14. The van der Waals surface area contributed by atoms with Gasteiger partial charge in [0.05, 0.1) is 11.4 Å². The van der Waals surface area contributed by atoms with Crippen molar-refractivity contribution in [3.8, 4) is 28.3 Å². The molecular weight excluding hydrogens is 346 g/mol. The second kappa shape index (κ2) is 6.57. The van der Waals surface area contributed by atoms with Gasteiger partial charge in [-0.2, -0.15) is 0 Å². The van der Waals surface area contributed by atoms with Crippen LogP contribution in [0.1, 0.15) is 23.0 Å². The number of benzene rings is 2. The summed E-state index contributed by atoms with van der Waals surface area (Å²) < 4.78 is 1.96. The molecule has 0 N–H and O–H groups in total. The summed E-state index contributed by atoms with van der Waals surface area (Å²) in [6, 6.07) is 22.3. The van der Waals surface area contributed by atoms with E-state index in [9.17, 15) is 4.79 Å². The molecule has 1 atom stereocenters. The molecule has 2 aromatic heterocycles. The number of aromatic nitrogens is 3. The topological polar surface area (TPSA) is 47.8 Å². The third-order valence-corrected chi connectivity index (χ3v) is 5.32. The van der Waals surface area contributed by atoms with Gasteiger partial charge in [0, 0.05) is 23.9 Å². The van der Waals surface area contributed by atoms with E-state index in [-0.39, 0.29) is 11.7 Å². The number of carbonyl (C=O) groups excluding carboxylic acids is 1. The summed E-state index contributed by atoms with van der Waals surface area (Å²) in [5, 5.41) is 0. The van der Waals surface area contributed by atoms with E-state index in [4.69, 9.17) is 0 Å². The summed E-state index contributed by atoms with van der Waals surface area (Å²) in [5.74, 6) is 0.649. The summed E-state index contributed by atoms with van der Waals surface area (Å²) in [7, 11) is 0. The fourth-order valence-electron chi connectivity index (χ4n) is 4.10. The zero-order valence-electron chi connectivity index (χ0n) is 15.5. The third-order valence-electron chi connectivity index (χ3n) is 5.32. The van der Waals surface area contributed by atoms with Gasteiger partial charge in [-0.1, -0.05) is 67.6 Å². The third kappa shape index (κ3) is 2.49. The quantitative estimate of drug-likeness (QED) is 0.515. The predicted molar refractivity (Wildman–Crippen MR) is 109 cm³/mol. The van der Waals surface area contributed by atoms with Crippen molar-refractivity contribution < 1.29 is 4.79 Å². The Morgan fingerprint density at radius 1 is 0.821 bits per heavy atom. The van der Waals surface area contributed by atoms with Crippen molar-refractivity contribution >= 4 is 5.78 Å². The van der Waals surface area contributed by atoms with Crippen molar-refractivity contribution in [2.45, 2.75) is 13.3 Å². The first kappa shape index (κ1) is 16.6. The number of ketones is 1. The van der Waals surface area contributed by atoms with Gasteiger partial charge < -0.3 is 0 Å². The lowest BCUT2D eigenvalue weighted by Crippen LogP contribution is -2.13. The SMILES string of the molecule is CC1Cc2c(-c3ccccc3)c(-c3ccccc3)n(-c3ncccn3)c2C1=O. The largest absolute Gasteiger partial charge is 0.292 e. The van der Waals surface area contributed by atoms with Crippen LogP contribution in [-0.2, 0) is 6.42 Å². The van der Waals surface area contributed by atoms with Crippen molar-refractivity contribution in [3.05, 3.63) is 90.4 Å². The molecule has 28 heavy (non-hydrogen) atoms. The minimum Gasteiger partial charge on any atom is -0.292 e. The first-order valence-electron chi connectivity index (χ1n) is 9.45. The number of Topliss-reactive ketones (excluding diaryl/α,β-unsaturated/α-hetero) is 1. The molecule has 0 fully saturated rings. The number of hydrogen-bond donors (Lipinski definition) is 0. The van der Waals surface area contributed by atoms with Crippen molar-refractivity contribution in [3.63, 3.8) is 0 Å². The maximum absolute atomic E-state index is 13.1. The van der Waals surface area contributed by atoms with Crippen LogP contribution in [0.2, 0.25) is 0 Å². The zero-order chi connectivity index (χ0) is 19.1. The van der Waals surface area contributed by atoms with E-state index in [0.717, 1.165) is 40.1 Å². The molecule has 0 amide bonds. The van der Waals surface area contributed by atoms with Crippen LogP contribution in [0.25, 0.3) is 28.3 Å². The summed E-state index contributed by atoms with van der Waals surface area (Å²) >= 11 is 0. The van der Waals surface area contributed by atoms with Crippen LogP contribution in [-0.4, -0.2) is 20.3 Å². The van der Waals surface area contributed by atoms with Crippen LogP contribution in [0.3, 0.4) is 0 Å². The monoisotopic (exact) mass is 365 g/mol. The minimum absolute atomic E-state index is 0.0350. The van der Waals surface area contributed by atoms with Gasteiger partial charge in [-0.05, 0) is 29.2 Å². The highest BCUT2D eigenvalue weighted by atomic mass is 16.1. The highest BCUT2D eigenvalue weighted by Gasteiger charge is 2.37. The Morgan fingerprint density at radius 3 is 2.07 bits per heavy atom. The molecule has 4 heteroatoms. The van der Waals surface area contributed by atoms with Gasteiger partial charge in [0.15, 0.2) is 5.78 Å². The van der Waals surface area contributed by atoms with E-state index >= 15 is 0 Å². The molecule has 1 aliphatic rings. The standard InChI is InChI=1S/C24H19N3O/c1-16-15-19-20(17-9-4-2-5-10-17)21(18-11-6-3-7-12-18)27(22(19)23(16)28)24-25-13-8-14-26-24/h2-14,16H,15H2,1H3. The lowest BCUT2D eigenvalue weighted by atomic mass is 9.96. The molecule has 0 spiro atoms. The van der Waals surface area contributed by atoms with Gasteiger partial charge >= 0.3 is 0 Å². The van der Waals surface area contributed by atoms with E-state index in [1.807, 2.05) is 47.9 Å². The molecule has 2 heterocycles. The maximum Gasteiger partial charge on any atom is 0.234 e. The average molecular weight is 365 g/mol.